The fraction of sp³-hybridized carbons (Fsp3) is 0.240. The van der Waals surface area contributed by atoms with Crippen molar-refractivity contribution in [3.63, 3.8) is 0 Å². The van der Waals surface area contributed by atoms with Crippen LogP contribution in [-0.4, -0.2) is 40.6 Å². The predicted octanol–water partition coefficient (Wildman–Crippen LogP) is 5.83. The lowest BCUT2D eigenvalue weighted by molar-refractivity contribution is -0.137. The fourth-order valence-electron chi connectivity index (χ4n) is 4.47. The zero-order chi connectivity index (χ0) is 27.4. The van der Waals surface area contributed by atoms with Gasteiger partial charge in [0.15, 0.2) is 15.5 Å². The quantitative estimate of drug-likeness (QED) is 0.314. The van der Waals surface area contributed by atoms with Crippen molar-refractivity contribution in [1.29, 1.82) is 0 Å². The summed E-state index contributed by atoms with van der Waals surface area (Å²) in [5.74, 6) is -1.42. The summed E-state index contributed by atoms with van der Waals surface area (Å²) in [6.45, 7) is 1.62. The van der Waals surface area contributed by atoms with Crippen LogP contribution < -0.4 is 5.32 Å². The normalized spacial score (nSPS) is 17.2. The molecule has 1 saturated heterocycles. The lowest BCUT2D eigenvalue weighted by Gasteiger charge is -2.14. The van der Waals surface area contributed by atoms with E-state index >= 15 is 0 Å². The first-order valence-electron chi connectivity index (χ1n) is 11.4. The van der Waals surface area contributed by atoms with Crippen LogP contribution in [0.2, 0.25) is 5.02 Å². The summed E-state index contributed by atoms with van der Waals surface area (Å²) in [6.07, 6.45) is -4.34. The minimum atomic E-state index is -4.65. The van der Waals surface area contributed by atoms with Crippen LogP contribution in [0.3, 0.4) is 0 Å². The van der Waals surface area contributed by atoms with Crippen LogP contribution in [0.25, 0.3) is 22.3 Å². The van der Waals surface area contributed by atoms with Crippen molar-refractivity contribution in [2.24, 2.45) is 0 Å². The summed E-state index contributed by atoms with van der Waals surface area (Å²) in [5.41, 5.74) is 0.132. The molecule has 1 unspecified atom stereocenters. The Hall–Kier alpha value is -3.51. The number of hydrogen-bond donors (Lipinski definition) is 1. The average molecular weight is 567 g/mol. The molecular weight excluding hydrogens is 548 g/mol. The summed E-state index contributed by atoms with van der Waals surface area (Å²) in [4.78, 5) is 18.1. The molecule has 198 valence electrons. The van der Waals surface area contributed by atoms with Gasteiger partial charge in [0.2, 0.25) is 0 Å². The Kier molecular flexibility index (Phi) is 6.42. The number of aryl methyl sites for hydroxylation is 1. The van der Waals surface area contributed by atoms with Crippen molar-refractivity contribution in [1.82, 2.24) is 14.8 Å². The lowest BCUT2D eigenvalue weighted by atomic mass is 10.0. The number of carbonyl (C=O) groups is 1. The number of aromatic nitrogens is 3. The van der Waals surface area contributed by atoms with Crippen LogP contribution in [0.4, 0.5) is 23.2 Å². The number of benzene rings is 2. The molecule has 1 aliphatic rings. The molecule has 0 radical (unpaired) electrons. The van der Waals surface area contributed by atoms with Gasteiger partial charge in [-0.2, -0.15) is 18.3 Å². The van der Waals surface area contributed by atoms with Crippen LogP contribution >= 0.6 is 11.6 Å². The van der Waals surface area contributed by atoms with Gasteiger partial charge in [-0.15, -0.1) is 0 Å². The molecule has 0 spiro atoms. The summed E-state index contributed by atoms with van der Waals surface area (Å²) in [6, 6.07) is 8.85. The van der Waals surface area contributed by atoms with Gasteiger partial charge >= 0.3 is 6.18 Å². The van der Waals surface area contributed by atoms with E-state index in [4.69, 9.17) is 11.6 Å². The highest BCUT2D eigenvalue weighted by Gasteiger charge is 2.33. The Labute approximate surface area is 219 Å². The molecule has 4 aromatic rings. The molecule has 0 bridgehead atoms. The molecule has 38 heavy (non-hydrogen) atoms. The zero-order valence-electron chi connectivity index (χ0n) is 19.7. The van der Waals surface area contributed by atoms with E-state index in [-0.39, 0.29) is 39.1 Å². The molecule has 1 aliphatic heterocycles. The van der Waals surface area contributed by atoms with E-state index in [2.05, 4.69) is 15.4 Å². The van der Waals surface area contributed by atoms with Gasteiger partial charge < -0.3 is 5.32 Å². The predicted molar refractivity (Wildman–Crippen MR) is 134 cm³/mol. The smallest absolute Gasteiger partial charge is 0.321 e. The monoisotopic (exact) mass is 566 g/mol. The standard InChI is InChI=1S/C25H19ClF4N4O3S/c1-13-22-18(24(35)32-21-10-15(25(28,29)30)4-7-19(21)26)11-20(14-2-5-16(27)6-3-14)31-23(22)34(33-13)17-8-9-38(36,37)12-17/h2-7,10-11,17H,8-9,12H2,1H3,(H,32,35). The number of halogens is 5. The fourth-order valence-corrected chi connectivity index (χ4v) is 6.33. The Bertz CT molecular complexity index is 1690. The third-order valence-corrected chi connectivity index (χ3v) is 8.40. The largest absolute Gasteiger partial charge is 0.416 e. The summed E-state index contributed by atoms with van der Waals surface area (Å²) in [7, 11) is -3.27. The minimum absolute atomic E-state index is 0.0168. The highest BCUT2D eigenvalue weighted by Crippen LogP contribution is 2.36. The summed E-state index contributed by atoms with van der Waals surface area (Å²) < 4.78 is 79.0. The van der Waals surface area contributed by atoms with E-state index in [0.29, 0.717) is 23.1 Å². The zero-order valence-corrected chi connectivity index (χ0v) is 21.3. The second-order valence-electron chi connectivity index (χ2n) is 8.99. The molecule has 2 aromatic carbocycles. The maximum atomic E-state index is 13.6. The molecule has 0 saturated carbocycles. The topological polar surface area (TPSA) is 93.9 Å². The van der Waals surface area contributed by atoms with E-state index in [1.54, 1.807) is 6.92 Å². The first kappa shape index (κ1) is 26.1. The van der Waals surface area contributed by atoms with Gasteiger partial charge in [-0.25, -0.2) is 22.5 Å². The molecule has 2 aromatic heterocycles. The van der Waals surface area contributed by atoms with E-state index in [1.807, 2.05) is 0 Å². The number of anilines is 1. The molecule has 1 atom stereocenters. The number of nitrogens with zero attached hydrogens (tertiary/aromatic N) is 3. The van der Waals surface area contributed by atoms with E-state index in [9.17, 15) is 30.8 Å². The van der Waals surface area contributed by atoms with Crippen molar-refractivity contribution in [3.8, 4) is 11.3 Å². The molecule has 3 heterocycles. The summed E-state index contributed by atoms with van der Waals surface area (Å²) in [5, 5.41) is 7.13. The Balaban J connectivity index is 1.66. The number of fused-ring (bicyclic) bond motifs is 1. The van der Waals surface area contributed by atoms with Gasteiger partial charge in [0, 0.05) is 5.56 Å². The van der Waals surface area contributed by atoms with Gasteiger partial charge in [0.1, 0.15) is 5.82 Å². The highest BCUT2D eigenvalue weighted by molar-refractivity contribution is 7.91. The number of pyridine rings is 1. The molecule has 1 N–H and O–H groups in total. The molecule has 5 rings (SSSR count). The molecule has 1 fully saturated rings. The van der Waals surface area contributed by atoms with Crippen LogP contribution in [-0.2, 0) is 16.0 Å². The Morgan fingerprint density at radius 1 is 1.13 bits per heavy atom. The lowest BCUT2D eigenvalue weighted by Crippen LogP contribution is -2.16. The first-order valence-corrected chi connectivity index (χ1v) is 13.6. The number of sulfone groups is 1. The van der Waals surface area contributed by atoms with E-state index < -0.39 is 39.3 Å². The van der Waals surface area contributed by atoms with Crippen molar-refractivity contribution in [2.75, 3.05) is 16.8 Å². The maximum absolute atomic E-state index is 13.6. The second-order valence-corrected chi connectivity index (χ2v) is 11.6. The third-order valence-electron chi connectivity index (χ3n) is 6.32. The van der Waals surface area contributed by atoms with Crippen LogP contribution in [0.5, 0.6) is 0 Å². The Morgan fingerprint density at radius 2 is 1.84 bits per heavy atom. The molecular formula is C25H19ClF4N4O3S. The minimum Gasteiger partial charge on any atom is -0.321 e. The maximum Gasteiger partial charge on any atom is 0.416 e. The van der Waals surface area contributed by atoms with Crippen molar-refractivity contribution < 1.29 is 30.8 Å². The van der Waals surface area contributed by atoms with Gasteiger partial charge in [-0.05, 0) is 61.9 Å². The van der Waals surface area contributed by atoms with E-state index in [0.717, 1.165) is 18.2 Å². The van der Waals surface area contributed by atoms with Crippen LogP contribution in [0.15, 0.2) is 48.5 Å². The SMILES string of the molecule is Cc1nn(C2CCS(=O)(=O)C2)c2nc(-c3ccc(F)cc3)cc(C(=O)Nc3cc(C(F)(F)F)ccc3Cl)c12. The van der Waals surface area contributed by atoms with Crippen molar-refractivity contribution in [2.45, 2.75) is 25.6 Å². The van der Waals surface area contributed by atoms with Crippen molar-refractivity contribution >= 4 is 44.1 Å². The van der Waals surface area contributed by atoms with Crippen molar-refractivity contribution in [3.05, 3.63) is 76.2 Å². The van der Waals surface area contributed by atoms with Crippen LogP contribution in [0.1, 0.15) is 34.1 Å². The van der Waals surface area contributed by atoms with Gasteiger partial charge in [-0.1, -0.05) is 11.6 Å². The average Bonchev–Trinajstić information content (AvgIpc) is 3.38. The molecule has 1 amide bonds. The molecule has 0 aliphatic carbocycles. The first-order chi connectivity index (χ1) is 17.8. The van der Waals surface area contributed by atoms with Crippen LogP contribution in [0, 0.1) is 12.7 Å². The second kappa shape index (κ2) is 9.35. The number of carbonyl (C=O) groups excluding carboxylic acids is 1. The number of nitrogens with one attached hydrogen (secondary N) is 1. The summed E-state index contributed by atoms with van der Waals surface area (Å²) >= 11 is 6.08. The number of rotatable bonds is 4. The molecule has 13 heteroatoms. The highest BCUT2D eigenvalue weighted by atomic mass is 35.5. The number of amides is 1. The van der Waals surface area contributed by atoms with Gasteiger partial charge in [-0.3, -0.25) is 4.79 Å². The van der Waals surface area contributed by atoms with Gasteiger partial charge in [0.05, 0.1) is 56.2 Å². The number of alkyl halides is 3. The Morgan fingerprint density at radius 3 is 2.47 bits per heavy atom. The van der Waals surface area contributed by atoms with Gasteiger partial charge in [0.25, 0.3) is 5.91 Å². The number of hydrogen-bond acceptors (Lipinski definition) is 5. The van der Waals surface area contributed by atoms with E-state index in [1.165, 1.54) is 35.0 Å². The third kappa shape index (κ3) is 4.97. The molecule has 7 nitrogen and oxygen atoms in total.